The molecule has 1 aliphatic heterocycles. The Kier molecular flexibility index (Phi) is 4.96. The molecule has 0 spiro atoms. The summed E-state index contributed by atoms with van der Waals surface area (Å²) in [6.45, 7) is 4.53. The Morgan fingerprint density at radius 2 is 2.16 bits per heavy atom. The zero-order chi connectivity index (χ0) is 14.0. The van der Waals surface area contributed by atoms with E-state index in [1.165, 1.54) is 0 Å². The number of aromatic hydroxyl groups is 1. The van der Waals surface area contributed by atoms with Crippen molar-refractivity contribution in [2.45, 2.75) is 32.4 Å². The van der Waals surface area contributed by atoms with Crippen molar-refractivity contribution in [1.82, 2.24) is 4.90 Å². The molecular weight excluding hydrogens is 283 g/mol. The topological polar surface area (TPSA) is 49.5 Å². The number of benzene rings is 1. The highest BCUT2D eigenvalue weighted by molar-refractivity contribution is 6.35. The third-order valence-corrected chi connectivity index (χ3v) is 4.36. The van der Waals surface area contributed by atoms with Crippen LogP contribution in [0.3, 0.4) is 0 Å². The van der Waals surface area contributed by atoms with Crippen LogP contribution in [0.2, 0.25) is 10.0 Å². The summed E-state index contributed by atoms with van der Waals surface area (Å²) < 4.78 is 0. The minimum atomic E-state index is 0.125. The van der Waals surface area contributed by atoms with Crippen LogP contribution < -0.4 is 5.73 Å². The van der Waals surface area contributed by atoms with Gasteiger partial charge in [0.2, 0.25) is 0 Å². The second-order valence-electron chi connectivity index (χ2n) is 5.38. The molecule has 0 saturated carbocycles. The first-order valence-electron chi connectivity index (χ1n) is 6.62. The van der Waals surface area contributed by atoms with Gasteiger partial charge in [0.15, 0.2) is 0 Å². The Balaban J connectivity index is 2.16. The molecular formula is C14H20Cl2N2O. The number of phenolic OH excluding ortho intramolecular Hbond substituents is 1. The Morgan fingerprint density at radius 1 is 1.42 bits per heavy atom. The van der Waals surface area contributed by atoms with E-state index in [4.69, 9.17) is 28.9 Å². The van der Waals surface area contributed by atoms with Crippen LogP contribution in [-0.4, -0.2) is 29.1 Å². The number of piperidine rings is 1. The maximum Gasteiger partial charge on any atom is 0.138 e. The molecule has 3 N–H and O–H groups in total. The molecule has 2 rings (SSSR count). The highest BCUT2D eigenvalue weighted by Crippen LogP contribution is 2.33. The van der Waals surface area contributed by atoms with Gasteiger partial charge < -0.3 is 10.8 Å². The molecule has 1 heterocycles. The standard InChI is InChI=1S/C14H20Cl2N2O/c1-9-2-3-18(12(4-9)7-17)8-10-5-11(15)6-13(16)14(10)19/h5-6,9,12,19H,2-4,7-8,17H2,1H3. The molecule has 1 aromatic carbocycles. The highest BCUT2D eigenvalue weighted by Gasteiger charge is 2.26. The molecule has 2 atom stereocenters. The average molecular weight is 303 g/mol. The van der Waals surface area contributed by atoms with Gasteiger partial charge in [0.05, 0.1) is 5.02 Å². The van der Waals surface area contributed by atoms with Crippen LogP contribution in [0.4, 0.5) is 0 Å². The molecule has 5 heteroatoms. The lowest BCUT2D eigenvalue weighted by molar-refractivity contribution is 0.114. The molecule has 1 fully saturated rings. The fourth-order valence-corrected chi connectivity index (χ4v) is 3.25. The van der Waals surface area contributed by atoms with Crippen molar-refractivity contribution < 1.29 is 5.11 Å². The van der Waals surface area contributed by atoms with Crippen molar-refractivity contribution in [2.75, 3.05) is 13.1 Å². The minimum absolute atomic E-state index is 0.125. The van der Waals surface area contributed by atoms with E-state index >= 15 is 0 Å². The summed E-state index contributed by atoms with van der Waals surface area (Å²) in [6.07, 6.45) is 2.26. The molecule has 0 amide bonds. The van der Waals surface area contributed by atoms with Gasteiger partial charge in [-0.3, -0.25) is 4.90 Å². The van der Waals surface area contributed by atoms with Crippen molar-refractivity contribution in [3.05, 3.63) is 27.7 Å². The molecule has 3 nitrogen and oxygen atoms in total. The van der Waals surface area contributed by atoms with Gasteiger partial charge in [-0.15, -0.1) is 0 Å². The van der Waals surface area contributed by atoms with Crippen LogP contribution >= 0.6 is 23.2 Å². The second kappa shape index (κ2) is 6.31. The highest BCUT2D eigenvalue weighted by atomic mass is 35.5. The third kappa shape index (κ3) is 3.54. The SMILES string of the molecule is CC1CCN(Cc2cc(Cl)cc(Cl)c2O)C(CN)C1. The molecule has 0 bridgehead atoms. The number of nitrogens with zero attached hydrogens (tertiary/aromatic N) is 1. The third-order valence-electron chi connectivity index (χ3n) is 3.85. The number of rotatable bonds is 3. The number of phenols is 1. The molecule has 1 saturated heterocycles. The fraction of sp³-hybridized carbons (Fsp3) is 0.571. The van der Waals surface area contributed by atoms with Crippen molar-refractivity contribution >= 4 is 23.2 Å². The van der Waals surface area contributed by atoms with Gasteiger partial charge in [-0.1, -0.05) is 30.1 Å². The lowest BCUT2D eigenvalue weighted by Crippen LogP contribution is -2.45. The first kappa shape index (κ1) is 14.9. The first-order valence-corrected chi connectivity index (χ1v) is 7.38. The quantitative estimate of drug-likeness (QED) is 0.901. The normalized spacial score (nSPS) is 24.6. The van der Waals surface area contributed by atoms with Gasteiger partial charge >= 0.3 is 0 Å². The van der Waals surface area contributed by atoms with Crippen LogP contribution in [0, 0.1) is 5.92 Å². The number of hydrogen-bond donors (Lipinski definition) is 2. The molecule has 2 unspecified atom stereocenters. The van der Waals surface area contributed by atoms with Crippen LogP contribution in [-0.2, 0) is 6.54 Å². The summed E-state index contributed by atoms with van der Waals surface area (Å²) in [6, 6.07) is 3.69. The van der Waals surface area contributed by atoms with Crippen LogP contribution in [0.5, 0.6) is 5.75 Å². The average Bonchev–Trinajstić information content (AvgIpc) is 2.37. The summed E-state index contributed by atoms with van der Waals surface area (Å²) >= 11 is 11.9. The van der Waals surface area contributed by atoms with Crippen molar-refractivity contribution in [3.8, 4) is 5.75 Å². The van der Waals surface area contributed by atoms with Crippen molar-refractivity contribution in [2.24, 2.45) is 11.7 Å². The van der Waals surface area contributed by atoms with Crippen LogP contribution in [0.25, 0.3) is 0 Å². The van der Waals surface area contributed by atoms with Gasteiger partial charge in [-0.25, -0.2) is 0 Å². The first-order chi connectivity index (χ1) is 9.01. The van der Waals surface area contributed by atoms with Gasteiger partial charge in [-0.2, -0.15) is 0 Å². The molecule has 106 valence electrons. The van der Waals surface area contributed by atoms with E-state index in [-0.39, 0.29) is 5.75 Å². The Morgan fingerprint density at radius 3 is 2.84 bits per heavy atom. The van der Waals surface area contributed by atoms with Crippen molar-refractivity contribution in [3.63, 3.8) is 0 Å². The van der Waals surface area contributed by atoms with Gasteiger partial charge in [0, 0.05) is 29.7 Å². The molecule has 1 aliphatic rings. The minimum Gasteiger partial charge on any atom is -0.506 e. The Bertz CT molecular complexity index is 453. The lowest BCUT2D eigenvalue weighted by Gasteiger charge is -2.38. The predicted octanol–water partition coefficient (Wildman–Crippen LogP) is 3.26. The molecule has 0 radical (unpaired) electrons. The zero-order valence-electron chi connectivity index (χ0n) is 11.1. The lowest BCUT2D eigenvalue weighted by atomic mass is 9.92. The molecule has 1 aromatic rings. The second-order valence-corrected chi connectivity index (χ2v) is 6.23. The Hall–Kier alpha value is -0.480. The smallest absolute Gasteiger partial charge is 0.138 e. The maximum absolute atomic E-state index is 10.0. The van der Waals surface area contributed by atoms with E-state index in [1.54, 1.807) is 12.1 Å². The van der Waals surface area contributed by atoms with E-state index in [9.17, 15) is 5.11 Å². The Labute approximate surface area is 124 Å². The van der Waals surface area contributed by atoms with E-state index in [0.29, 0.717) is 35.1 Å². The van der Waals surface area contributed by atoms with Crippen molar-refractivity contribution in [1.29, 1.82) is 0 Å². The molecule has 0 aromatic heterocycles. The summed E-state index contributed by atoms with van der Waals surface area (Å²) in [5.41, 5.74) is 6.62. The largest absolute Gasteiger partial charge is 0.506 e. The van der Waals surface area contributed by atoms with E-state index in [0.717, 1.165) is 24.9 Å². The summed E-state index contributed by atoms with van der Waals surface area (Å²) in [7, 11) is 0. The number of hydrogen-bond acceptors (Lipinski definition) is 3. The van der Waals surface area contributed by atoms with Gasteiger partial charge in [0.1, 0.15) is 5.75 Å². The summed E-state index contributed by atoms with van der Waals surface area (Å²) in [5.74, 6) is 0.835. The van der Waals surface area contributed by atoms with Crippen LogP contribution in [0.1, 0.15) is 25.3 Å². The van der Waals surface area contributed by atoms with Crippen LogP contribution in [0.15, 0.2) is 12.1 Å². The van der Waals surface area contributed by atoms with Gasteiger partial charge in [0.25, 0.3) is 0 Å². The maximum atomic E-state index is 10.0. The number of nitrogens with two attached hydrogens (primary N) is 1. The summed E-state index contributed by atoms with van der Waals surface area (Å²) in [4.78, 5) is 2.31. The fourth-order valence-electron chi connectivity index (χ4n) is 2.71. The van der Waals surface area contributed by atoms with Gasteiger partial charge in [-0.05, 0) is 37.4 Å². The number of likely N-dealkylation sites (tertiary alicyclic amines) is 1. The summed E-state index contributed by atoms with van der Waals surface area (Å²) in [5, 5.41) is 10.9. The van der Waals surface area contributed by atoms with E-state index in [1.807, 2.05) is 0 Å². The monoisotopic (exact) mass is 302 g/mol. The zero-order valence-corrected chi connectivity index (χ0v) is 12.6. The predicted molar refractivity (Wildman–Crippen MR) is 79.8 cm³/mol. The molecule has 0 aliphatic carbocycles. The molecule has 19 heavy (non-hydrogen) atoms. The van der Waals surface area contributed by atoms with E-state index in [2.05, 4.69) is 11.8 Å². The number of halogens is 2. The van der Waals surface area contributed by atoms with E-state index < -0.39 is 0 Å².